The van der Waals surface area contributed by atoms with Crippen LogP contribution in [0.4, 0.5) is 0 Å². The molecule has 1 atom stereocenters. The molecule has 3 heterocycles. The van der Waals surface area contributed by atoms with Crippen LogP contribution in [0.1, 0.15) is 19.3 Å². The van der Waals surface area contributed by atoms with Gasteiger partial charge in [0, 0.05) is 0 Å². The number of nitrogens with zero attached hydrogens (tertiary/aromatic N) is 1. The summed E-state index contributed by atoms with van der Waals surface area (Å²) in [5, 5.41) is 0.595. The van der Waals surface area contributed by atoms with Crippen LogP contribution >= 0.6 is 12.6 Å². The maximum absolute atomic E-state index is 4.49. The molecule has 1 unspecified atom stereocenters. The minimum Gasteiger partial charge on any atom is -0.292 e. The van der Waals surface area contributed by atoms with Gasteiger partial charge in [-0.1, -0.05) is 0 Å². The Morgan fingerprint density at radius 2 is 1.89 bits per heavy atom. The molecule has 0 N–H and O–H groups in total. The summed E-state index contributed by atoms with van der Waals surface area (Å²) >= 11 is 4.49. The number of hydrogen-bond acceptors (Lipinski definition) is 2. The van der Waals surface area contributed by atoms with Crippen molar-refractivity contribution in [2.75, 3.05) is 13.1 Å². The van der Waals surface area contributed by atoms with Crippen molar-refractivity contribution in [1.29, 1.82) is 0 Å². The van der Waals surface area contributed by atoms with E-state index in [1.54, 1.807) is 0 Å². The Morgan fingerprint density at radius 3 is 2.11 bits per heavy atom. The van der Waals surface area contributed by atoms with Gasteiger partial charge in [-0.2, -0.15) is 12.6 Å². The predicted octanol–water partition coefficient (Wildman–Crippen LogP) is 1.36. The van der Waals surface area contributed by atoms with Crippen molar-refractivity contribution in [3.63, 3.8) is 0 Å². The normalized spacial score (nSPS) is 49.7. The molecule has 1 nitrogen and oxygen atoms in total. The Hall–Kier alpha value is 0.310. The molecule has 9 heavy (non-hydrogen) atoms. The summed E-state index contributed by atoms with van der Waals surface area (Å²) in [6, 6.07) is 0. The molecule has 0 saturated carbocycles. The van der Waals surface area contributed by atoms with Crippen LogP contribution in [0.2, 0.25) is 0 Å². The summed E-state index contributed by atoms with van der Waals surface area (Å²) in [5.41, 5.74) is 0. The monoisotopic (exact) mass is 143 g/mol. The number of fused-ring (bicyclic) bond motifs is 3. The van der Waals surface area contributed by atoms with Gasteiger partial charge in [-0.3, -0.25) is 4.90 Å². The third-order valence-corrected chi connectivity index (χ3v) is 3.15. The van der Waals surface area contributed by atoms with Crippen LogP contribution in [0.25, 0.3) is 0 Å². The van der Waals surface area contributed by atoms with E-state index >= 15 is 0 Å². The number of thiol groups is 1. The number of hydrogen-bond donors (Lipinski definition) is 1. The van der Waals surface area contributed by atoms with Crippen LogP contribution in [-0.2, 0) is 0 Å². The zero-order valence-electron chi connectivity index (χ0n) is 5.58. The van der Waals surface area contributed by atoms with E-state index in [1.807, 2.05) is 0 Å². The van der Waals surface area contributed by atoms with Gasteiger partial charge >= 0.3 is 0 Å². The van der Waals surface area contributed by atoms with Crippen LogP contribution in [0.5, 0.6) is 0 Å². The molecule has 3 rings (SSSR count). The first-order valence-corrected chi connectivity index (χ1v) is 4.30. The fourth-order valence-electron chi connectivity index (χ4n) is 1.93. The van der Waals surface area contributed by atoms with Crippen molar-refractivity contribution in [3.8, 4) is 0 Å². The van der Waals surface area contributed by atoms with Gasteiger partial charge < -0.3 is 0 Å². The lowest BCUT2D eigenvalue weighted by molar-refractivity contribution is 0.0946. The first-order valence-electron chi connectivity index (χ1n) is 3.78. The second-order valence-electron chi connectivity index (χ2n) is 3.20. The van der Waals surface area contributed by atoms with Gasteiger partial charge in [0.1, 0.15) is 0 Å². The molecule has 2 heteroatoms. The second kappa shape index (κ2) is 2.17. The lowest BCUT2D eigenvalue weighted by Gasteiger charge is -2.43. The van der Waals surface area contributed by atoms with E-state index in [9.17, 15) is 0 Å². The third-order valence-electron chi connectivity index (χ3n) is 2.61. The highest BCUT2D eigenvalue weighted by Gasteiger charge is 2.30. The lowest BCUT2D eigenvalue weighted by Crippen LogP contribution is -2.45. The summed E-state index contributed by atoms with van der Waals surface area (Å²) < 4.78 is 0. The van der Waals surface area contributed by atoms with Gasteiger partial charge in [-0.25, -0.2) is 0 Å². The van der Waals surface area contributed by atoms with Crippen LogP contribution < -0.4 is 0 Å². The zero-order chi connectivity index (χ0) is 6.27. The van der Waals surface area contributed by atoms with E-state index in [0.717, 1.165) is 5.92 Å². The Morgan fingerprint density at radius 1 is 1.22 bits per heavy atom. The molecule has 0 aromatic heterocycles. The van der Waals surface area contributed by atoms with E-state index in [2.05, 4.69) is 17.5 Å². The topological polar surface area (TPSA) is 3.24 Å². The first kappa shape index (κ1) is 6.05. The Labute approximate surface area is 61.8 Å². The molecular formula is C7H13NS. The van der Waals surface area contributed by atoms with Crippen LogP contribution in [0.3, 0.4) is 0 Å². The Bertz CT molecular complexity index is 107. The molecule has 0 radical (unpaired) electrons. The highest BCUT2D eigenvalue weighted by Crippen LogP contribution is 2.32. The third kappa shape index (κ3) is 0.987. The first-order chi connectivity index (χ1) is 4.36. The van der Waals surface area contributed by atoms with E-state index in [1.165, 1.54) is 32.4 Å². The molecule has 52 valence electrons. The summed E-state index contributed by atoms with van der Waals surface area (Å²) in [4.78, 5) is 2.49. The molecular weight excluding hydrogens is 130 g/mol. The van der Waals surface area contributed by atoms with Gasteiger partial charge in [-0.05, 0) is 38.3 Å². The summed E-state index contributed by atoms with van der Waals surface area (Å²) in [6.07, 6.45) is 4.19. The molecule has 3 saturated heterocycles. The average molecular weight is 143 g/mol. The van der Waals surface area contributed by atoms with E-state index in [4.69, 9.17) is 0 Å². The molecule has 0 amide bonds. The fraction of sp³-hybridized carbons (Fsp3) is 1.00. The van der Waals surface area contributed by atoms with Crippen molar-refractivity contribution in [1.82, 2.24) is 4.90 Å². The Kier molecular flexibility index (Phi) is 1.46. The quantitative estimate of drug-likeness (QED) is 0.501. The number of rotatable bonds is 0. The largest absolute Gasteiger partial charge is 0.292 e. The lowest BCUT2D eigenvalue weighted by atomic mass is 9.88. The standard InChI is InChI=1S/C7H13NS/c9-7-5-6-1-3-8(7)4-2-6/h6-7,9H,1-5H2. The SMILES string of the molecule is SC1CC2CCN1CC2. The number of piperidine rings is 3. The van der Waals surface area contributed by atoms with Crippen LogP contribution in [0, 0.1) is 5.92 Å². The van der Waals surface area contributed by atoms with Crippen molar-refractivity contribution < 1.29 is 0 Å². The average Bonchev–Trinajstić information content (AvgIpc) is 1.90. The molecule has 3 aliphatic rings. The van der Waals surface area contributed by atoms with Gasteiger partial charge in [0.05, 0.1) is 5.37 Å². The summed E-state index contributed by atoms with van der Waals surface area (Å²) in [6.45, 7) is 2.61. The zero-order valence-corrected chi connectivity index (χ0v) is 6.48. The maximum Gasteiger partial charge on any atom is 0.0530 e. The van der Waals surface area contributed by atoms with E-state index in [-0.39, 0.29) is 0 Å². The molecule has 0 aliphatic carbocycles. The van der Waals surface area contributed by atoms with Crippen molar-refractivity contribution in [2.45, 2.75) is 24.6 Å². The van der Waals surface area contributed by atoms with Crippen molar-refractivity contribution >= 4 is 12.6 Å². The van der Waals surface area contributed by atoms with Gasteiger partial charge in [0.2, 0.25) is 0 Å². The van der Waals surface area contributed by atoms with E-state index in [0.29, 0.717) is 5.37 Å². The predicted molar refractivity (Wildman–Crippen MR) is 41.7 cm³/mol. The Balaban J connectivity index is 2.06. The van der Waals surface area contributed by atoms with Crippen molar-refractivity contribution in [3.05, 3.63) is 0 Å². The highest BCUT2D eigenvalue weighted by molar-refractivity contribution is 7.80. The molecule has 0 aromatic carbocycles. The minimum atomic E-state index is 0.595. The van der Waals surface area contributed by atoms with Gasteiger partial charge in [0.15, 0.2) is 0 Å². The summed E-state index contributed by atoms with van der Waals surface area (Å²) in [5.74, 6) is 1.01. The van der Waals surface area contributed by atoms with Crippen LogP contribution in [0.15, 0.2) is 0 Å². The van der Waals surface area contributed by atoms with Gasteiger partial charge in [0.25, 0.3) is 0 Å². The van der Waals surface area contributed by atoms with Crippen molar-refractivity contribution in [2.24, 2.45) is 5.92 Å². The minimum absolute atomic E-state index is 0.595. The van der Waals surface area contributed by atoms with Gasteiger partial charge in [-0.15, -0.1) is 0 Å². The molecule has 0 aromatic rings. The second-order valence-corrected chi connectivity index (χ2v) is 3.79. The van der Waals surface area contributed by atoms with E-state index < -0.39 is 0 Å². The fourth-order valence-corrected chi connectivity index (χ4v) is 2.46. The summed E-state index contributed by atoms with van der Waals surface area (Å²) in [7, 11) is 0. The molecule has 3 aliphatic heterocycles. The molecule has 2 bridgehead atoms. The smallest absolute Gasteiger partial charge is 0.0530 e. The molecule has 3 fully saturated rings. The molecule has 0 spiro atoms. The highest BCUT2D eigenvalue weighted by atomic mass is 32.1. The maximum atomic E-state index is 4.49. The van der Waals surface area contributed by atoms with Crippen LogP contribution in [-0.4, -0.2) is 23.4 Å².